The van der Waals surface area contributed by atoms with E-state index in [0.717, 1.165) is 0 Å². The maximum absolute atomic E-state index is 10.9. The second-order valence-electron chi connectivity index (χ2n) is 3.03. The molecule has 0 bridgehead atoms. The van der Waals surface area contributed by atoms with Crippen molar-refractivity contribution in [3.63, 3.8) is 0 Å². The fourth-order valence-electron chi connectivity index (χ4n) is 1.37. The number of carboxylic acids is 1. The van der Waals surface area contributed by atoms with Gasteiger partial charge >= 0.3 is 5.97 Å². The van der Waals surface area contributed by atoms with Gasteiger partial charge in [0.25, 0.3) is 0 Å². The minimum atomic E-state index is -1.02. The number of hydrogen-bond donors (Lipinski definition) is 2. The summed E-state index contributed by atoms with van der Waals surface area (Å²) in [5.74, 6) is -1.72. The first kappa shape index (κ1) is 10.3. The zero-order valence-corrected chi connectivity index (χ0v) is 7.38. The fourth-order valence-corrected chi connectivity index (χ4v) is 1.37. The molecule has 1 heterocycles. The van der Waals surface area contributed by atoms with Gasteiger partial charge in [-0.2, -0.15) is 0 Å². The average molecular weight is 198 g/mol. The SMILES string of the molecule is [N-]=[N+]=NCCC[C@H]1C(=O)N[C@@H]1C(=O)O. The zero-order valence-electron chi connectivity index (χ0n) is 7.38. The minimum Gasteiger partial charge on any atom is -0.480 e. The third-order valence-electron chi connectivity index (χ3n) is 2.14. The number of carbonyl (C=O) groups is 2. The highest BCUT2D eigenvalue weighted by Crippen LogP contribution is 2.20. The Morgan fingerprint density at radius 2 is 2.43 bits per heavy atom. The first-order valence-corrected chi connectivity index (χ1v) is 4.21. The second-order valence-corrected chi connectivity index (χ2v) is 3.03. The van der Waals surface area contributed by atoms with Crippen molar-refractivity contribution in [2.75, 3.05) is 6.54 Å². The smallest absolute Gasteiger partial charge is 0.327 e. The average Bonchev–Trinajstić information content (AvgIpc) is 2.13. The van der Waals surface area contributed by atoms with E-state index in [4.69, 9.17) is 10.6 Å². The van der Waals surface area contributed by atoms with Crippen LogP contribution in [-0.2, 0) is 9.59 Å². The van der Waals surface area contributed by atoms with E-state index >= 15 is 0 Å². The Hall–Kier alpha value is -1.75. The lowest BCUT2D eigenvalue weighted by atomic mass is 9.86. The molecule has 7 nitrogen and oxygen atoms in total. The van der Waals surface area contributed by atoms with E-state index in [1.807, 2.05) is 0 Å². The van der Waals surface area contributed by atoms with Gasteiger partial charge in [-0.1, -0.05) is 5.11 Å². The summed E-state index contributed by atoms with van der Waals surface area (Å²) in [4.78, 5) is 24.0. The molecule has 0 aromatic rings. The van der Waals surface area contributed by atoms with Crippen LogP contribution < -0.4 is 5.32 Å². The molecule has 1 rings (SSSR count). The summed E-state index contributed by atoms with van der Waals surface area (Å²) in [6, 6.07) is -0.770. The fraction of sp³-hybridized carbons (Fsp3) is 0.714. The lowest BCUT2D eigenvalue weighted by Gasteiger charge is -2.33. The summed E-state index contributed by atoms with van der Waals surface area (Å²) in [6.07, 6.45) is 0.980. The predicted molar refractivity (Wildman–Crippen MR) is 46.3 cm³/mol. The molecule has 1 fully saturated rings. The predicted octanol–water partition coefficient (Wildman–Crippen LogP) is 0.276. The Labute approximate surface area is 79.7 Å². The van der Waals surface area contributed by atoms with Crippen molar-refractivity contribution >= 4 is 11.9 Å². The summed E-state index contributed by atoms with van der Waals surface area (Å²) >= 11 is 0. The monoisotopic (exact) mass is 198 g/mol. The Kier molecular flexibility index (Phi) is 3.30. The maximum atomic E-state index is 10.9. The first-order valence-electron chi connectivity index (χ1n) is 4.21. The van der Waals surface area contributed by atoms with Gasteiger partial charge in [0.05, 0.1) is 5.92 Å². The lowest BCUT2D eigenvalue weighted by Crippen LogP contribution is -2.61. The quantitative estimate of drug-likeness (QED) is 0.217. The number of nitrogens with one attached hydrogen (secondary N) is 1. The Morgan fingerprint density at radius 3 is 2.93 bits per heavy atom. The van der Waals surface area contributed by atoms with Gasteiger partial charge in [0.1, 0.15) is 6.04 Å². The zero-order chi connectivity index (χ0) is 10.6. The Balaban J connectivity index is 2.32. The third-order valence-corrected chi connectivity index (χ3v) is 2.14. The van der Waals surface area contributed by atoms with Crippen LogP contribution in [0.15, 0.2) is 5.11 Å². The van der Waals surface area contributed by atoms with Crippen LogP contribution in [0, 0.1) is 5.92 Å². The molecule has 1 saturated heterocycles. The van der Waals surface area contributed by atoms with E-state index in [9.17, 15) is 9.59 Å². The maximum Gasteiger partial charge on any atom is 0.327 e. The molecule has 0 saturated carbocycles. The van der Waals surface area contributed by atoms with Gasteiger partial charge < -0.3 is 10.4 Å². The number of azide groups is 1. The number of carboxylic acid groups (broad SMARTS) is 1. The second kappa shape index (κ2) is 4.48. The highest BCUT2D eigenvalue weighted by Gasteiger charge is 2.43. The van der Waals surface area contributed by atoms with Gasteiger partial charge in [-0.15, -0.1) is 0 Å². The van der Waals surface area contributed by atoms with Crippen LogP contribution in [0.3, 0.4) is 0 Å². The highest BCUT2D eigenvalue weighted by molar-refractivity contribution is 5.96. The van der Waals surface area contributed by atoms with Crippen LogP contribution in [0.1, 0.15) is 12.8 Å². The molecule has 76 valence electrons. The molecule has 14 heavy (non-hydrogen) atoms. The molecule has 0 aliphatic carbocycles. The molecule has 0 aromatic carbocycles. The number of rotatable bonds is 5. The molecular formula is C7H10N4O3. The molecule has 0 unspecified atom stereocenters. The summed E-state index contributed by atoms with van der Waals surface area (Å²) < 4.78 is 0. The van der Waals surface area contributed by atoms with Gasteiger partial charge in [0, 0.05) is 11.5 Å². The molecule has 1 aliphatic rings. The van der Waals surface area contributed by atoms with E-state index in [2.05, 4.69) is 15.3 Å². The van der Waals surface area contributed by atoms with E-state index in [1.165, 1.54) is 0 Å². The molecule has 1 aliphatic heterocycles. The van der Waals surface area contributed by atoms with Gasteiger partial charge in [-0.3, -0.25) is 4.79 Å². The van der Waals surface area contributed by atoms with Gasteiger partial charge in [0.15, 0.2) is 0 Å². The van der Waals surface area contributed by atoms with Crippen LogP contribution in [0.2, 0.25) is 0 Å². The minimum absolute atomic E-state index is 0.238. The normalized spacial score (nSPS) is 24.4. The summed E-state index contributed by atoms with van der Waals surface area (Å²) in [5.41, 5.74) is 7.98. The lowest BCUT2D eigenvalue weighted by molar-refractivity contribution is -0.153. The van der Waals surface area contributed by atoms with Crippen LogP contribution in [-0.4, -0.2) is 29.6 Å². The Morgan fingerprint density at radius 1 is 1.71 bits per heavy atom. The van der Waals surface area contributed by atoms with Crippen molar-refractivity contribution in [2.45, 2.75) is 18.9 Å². The van der Waals surface area contributed by atoms with Gasteiger partial charge in [-0.05, 0) is 18.4 Å². The number of carbonyl (C=O) groups excluding carboxylic acids is 1. The van der Waals surface area contributed by atoms with Crippen molar-refractivity contribution in [1.82, 2.24) is 5.32 Å². The topological polar surface area (TPSA) is 115 Å². The van der Waals surface area contributed by atoms with Gasteiger partial charge in [-0.25, -0.2) is 4.79 Å². The van der Waals surface area contributed by atoms with E-state index in [1.54, 1.807) is 0 Å². The molecule has 7 heteroatoms. The number of aliphatic carboxylic acids is 1. The summed E-state index contributed by atoms with van der Waals surface area (Å²) in [5, 5.41) is 14.2. The molecule has 0 spiro atoms. The molecule has 1 amide bonds. The molecule has 0 radical (unpaired) electrons. The van der Waals surface area contributed by atoms with Crippen LogP contribution in [0.25, 0.3) is 10.4 Å². The van der Waals surface area contributed by atoms with Crippen molar-refractivity contribution in [3.8, 4) is 0 Å². The number of amides is 1. The van der Waals surface area contributed by atoms with E-state index in [0.29, 0.717) is 19.4 Å². The number of hydrogen-bond acceptors (Lipinski definition) is 3. The van der Waals surface area contributed by atoms with Crippen LogP contribution in [0.4, 0.5) is 0 Å². The molecule has 0 aromatic heterocycles. The summed E-state index contributed by atoms with van der Waals surface area (Å²) in [6.45, 7) is 0.298. The van der Waals surface area contributed by atoms with Crippen molar-refractivity contribution < 1.29 is 14.7 Å². The summed E-state index contributed by atoms with van der Waals surface area (Å²) in [7, 11) is 0. The number of nitrogens with zero attached hydrogens (tertiary/aromatic N) is 3. The van der Waals surface area contributed by atoms with E-state index < -0.39 is 17.9 Å². The van der Waals surface area contributed by atoms with Crippen molar-refractivity contribution in [3.05, 3.63) is 10.4 Å². The van der Waals surface area contributed by atoms with Gasteiger partial charge in [0.2, 0.25) is 5.91 Å². The van der Waals surface area contributed by atoms with Crippen molar-refractivity contribution in [1.29, 1.82) is 0 Å². The molecule has 2 N–H and O–H groups in total. The van der Waals surface area contributed by atoms with Crippen molar-refractivity contribution in [2.24, 2.45) is 11.0 Å². The van der Waals surface area contributed by atoms with E-state index in [-0.39, 0.29) is 5.91 Å². The molecule has 2 atom stereocenters. The first-order chi connectivity index (χ1) is 6.66. The van der Waals surface area contributed by atoms with Crippen LogP contribution in [0.5, 0.6) is 0 Å². The highest BCUT2D eigenvalue weighted by atomic mass is 16.4. The standard InChI is InChI=1S/C7H10N4O3/c8-11-9-3-1-2-4-5(7(13)14)10-6(4)12/h4-5H,1-3H2,(H,10,12)(H,13,14)/t4-,5+/m1/s1. The van der Waals surface area contributed by atoms with Crippen LogP contribution >= 0.6 is 0 Å². The Bertz CT molecular complexity index is 297. The molecular weight excluding hydrogens is 188 g/mol. The number of β-lactam (4-membered cyclic amide) rings is 1. The largest absolute Gasteiger partial charge is 0.480 e. The third kappa shape index (κ3) is 2.14.